The fourth-order valence-corrected chi connectivity index (χ4v) is 2.79. The van der Waals surface area contributed by atoms with Crippen LogP contribution >= 0.6 is 11.6 Å². The number of rotatable bonds is 4. The summed E-state index contributed by atoms with van der Waals surface area (Å²) in [6, 6.07) is 3.83. The second-order valence-electron chi connectivity index (χ2n) is 5.14. The highest BCUT2D eigenvalue weighted by molar-refractivity contribution is 6.30. The molecule has 0 unspecified atom stereocenters. The number of benzene rings is 1. The fraction of sp³-hybridized carbons (Fsp3) is 0.429. The molecule has 1 aliphatic carbocycles. The molecule has 1 aromatic rings. The normalized spacial score (nSPS) is 16.9. The van der Waals surface area contributed by atoms with Crippen molar-refractivity contribution in [3.8, 4) is 0 Å². The number of carboxylic acid groups (broad SMARTS) is 1. The lowest BCUT2D eigenvalue weighted by molar-refractivity contribution is -0.150. The van der Waals surface area contributed by atoms with Crippen molar-refractivity contribution in [1.82, 2.24) is 0 Å². The minimum Gasteiger partial charge on any atom is -0.481 e. The van der Waals surface area contributed by atoms with E-state index in [1.54, 1.807) is 0 Å². The first-order chi connectivity index (χ1) is 9.43. The van der Waals surface area contributed by atoms with Crippen LogP contribution in [-0.4, -0.2) is 17.0 Å². The lowest BCUT2D eigenvalue weighted by Gasteiger charge is -2.22. The molecule has 1 aliphatic rings. The molecule has 0 saturated heterocycles. The largest absolute Gasteiger partial charge is 0.481 e. The molecular weight excluding hydrogens is 285 g/mol. The van der Waals surface area contributed by atoms with Gasteiger partial charge in [-0.15, -0.1) is 0 Å². The molecule has 2 rings (SSSR count). The number of amides is 1. The Morgan fingerprint density at radius 1 is 1.35 bits per heavy atom. The van der Waals surface area contributed by atoms with Crippen molar-refractivity contribution in [1.29, 1.82) is 0 Å². The predicted octanol–water partition coefficient (Wildman–Crippen LogP) is 3.45. The van der Waals surface area contributed by atoms with E-state index in [1.807, 2.05) is 0 Å². The van der Waals surface area contributed by atoms with Gasteiger partial charge in [0.2, 0.25) is 5.91 Å². The van der Waals surface area contributed by atoms with Gasteiger partial charge in [0.1, 0.15) is 5.82 Å². The first-order valence-corrected chi connectivity index (χ1v) is 6.79. The predicted molar refractivity (Wildman–Crippen MR) is 73.2 cm³/mol. The Labute approximate surface area is 120 Å². The summed E-state index contributed by atoms with van der Waals surface area (Å²) < 4.78 is 13.5. The molecule has 6 heteroatoms. The van der Waals surface area contributed by atoms with E-state index in [-0.39, 0.29) is 12.1 Å². The van der Waals surface area contributed by atoms with E-state index in [2.05, 4.69) is 5.32 Å². The Morgan fingerprint density at radius 2 is 2.00 bits per heavy atom. The van der Waals surface area contributed by atoms with E-state index in [1.165, 1.54) is 12.1 Å². The SMILES string of the molecule is O=C(CC1(C(=O)O)CCCC1)Nc1cc(Cl)ccc1F. The van der Waals surface area contributed by atoms with E-state index in [0.29, 0.717) is 17.9 Å². The smallest absolute Gasteiger partial charge is 0.310 e. The van der Waals surface area contributed by atoms with Crippen molar-refractivity contribution < 1.29 is 19.1 Å². The van der Waals surface area contributed by atoms with Crippen LogP contribution in [0.15, 0.2) is 18.2 Å². The molecule has 108 valence electrons. The van der Waals surface area contributed by atoms with E-state index in [4.69, 9.17) is 11.6 Å². The average Bonchev–Trinajstić information content (AvgIpc) is 2.83. The van der Waals surface area contributed by atoms with Crippen molar-refractivity contribution in [3.05, 3.63) is 29.0 Å². The van der Waals surface area contributed by atoms with E-state index < -0.39 is 23.1 Å². The van der Waals surface area contributed by atoms with Gasteiger partial charge in [-0.1, -0.05) is 24.4 Å². The quantitative estimate of drug-likeness (QED) is 0.895. The highest BCUT2D eigenvalue weighted by atomic mass is 35.5. The van der Waals surface area contributed by atoms with Gasteiger partial charge in [0.05, 0.1) is 11.1 Å². The van der Waals surface area contributed by atoms with Crippen LogP contribution in [-0.2, 0) is 9.59 Å². The van der Waals surface area contributed by atoms with Gasteiger partial charge in [-0.05, 0) is 31.0 Å². The topological polar surface area (TPSA) is 66.4 Å². The number of hydrogen-bond acceptors (Lipinski definition) is 2. The number of carboxylic acids is 1. The number of anilines is 1. The second kappa shape index (κ2) is 5.79. The Balaban J connectivity index is 2.08. The highest BCUT2D eigenvalue weighted by Crippen LogP contribution is 2.41. The van der Waals surface area contributed by atoms with Crippen LogP contribution in [0.4, 0.5) is 10.1 Å². The molecule has 0 spiro atoms. The summed E-state index contributed by atoms with van der Waals surface area (Å²) in [5.41, 5.74) is -1.04. The molecule has 0 atom stereocenters. The number of carbonyl (C=O) groups excluding carboxylic acids is 1. The minimum atomic E-state index is -1.01. The van der Waals surface area contributed by atoms with Gasteiger partial charge in [-0.3, -0.25) is 9.59 Å². The van der Waals surface area contributed by atoms with Gasteiger partial charge in [0, 0.05) is 11.4 Å². The van der Waals surface area contributed by atoms with Gasteiger partial charge >= 0.3 is 5.97 Å². The Morgan fingerprint density at radius 3 is 2.60 bits per heavy atom. The highest BCUT2D eigenvalue weighted by Gasteiger charge is 2.43. The third-order valence-corrected chi connectivity index (χ3v) is 3.95. The van der Waals surface area contributed by atoms with Gasteiger partial charge in [0.25, 0.3) is 0 Å². The van der Waals surface area contributed by atoms with Crippen molar-refractivity contribution >= 4 is 29.2 Å². The van der Waals surface area contributed by atoms with Crippen molar-refractivity contribution in [2.24, 2.45) is 5.41 Å². The summed E-state index contributed by atoms with van der Waals surface area (Å²) in [7, 11) is 0. The molecule has 4 nitrogen and oxygen atoms in total. The molecule has 0 bridgehead atoms. The van der Waals surface area contributed by atoms with Crippen LogP contribution < -0.4 is 5.32 Å². The minimum absolute atomic E-state index is 0.0268. The lowest BCUT2D eigenvalue weighted by atomic mass is 9.82. The van der Waals surface area contributed by atoms with Crippen LogP contribution in [0.2, 0.25) is 5.02 Å². The Bertz CT molecular complexity index is 541. The summed E-state index contributed by atoms with van der Waals surface area (Å²) in [5.74, 6) is -2.06. The molecule has 1 amide bonds. The third kappa shape index (κ3) is 3.10. The molecule has 1 aromatic carbocycles. The third-order valence-electron chi connectivity index (χ3n) is 3.72. The summed E-state index contributed by atoms with van der Waals surface area (Å²) in [5, 5.41) is 12.0. The molecule has 1 saturated carbocycles. The second-order valence-corrected chi connectivity index (χ2v) is 5.58. The first-order valence-electron chi connectivity index (χ1n) is 6.41. The number of hydrogen-bond donors (Lipinski definition) is 2. The molecule has 0 aromatic heterocycles. The monoisotopic (exact) mass is 299 g/mol. The molecule has 2 N–H and O–H groups in total. The lowest BCUT2D eigenvalue weighted by Crippen LogP contribution is -2.32. The van der Waals surface area contributed by atoms with Crippen LogP contribution in [0.25, 0.3) is 0 Å². The maximum absolute atomic E-state index is 13.5. The van der Waals surface area contributed by atoms with E-state index in [9.17, 15) is 19.1 Å². The number of nitrogens with one attached hydrogen (secondary N) is 1. The van der Waals surface area contributed by atoms with Crippen LogP contribution in [0.1, 0.15) is 32.1 Å². The zero-order valence-electron chi connectivity index (χ0n) is 10.8. The van der Waals surface area contributed by atoms with Gasteiger partial charge in [0.15, 0.2) is 0 Å². The number of carbonyl (C=O) groups is 2. The van der Waals surface area contributed by atoms with Crippen molar-refractivity contribution in [2.45, 2.75) is 32.1 Å². The Hall–Kier alpha value is -1.62. The summed E-state index contributed by atoms with van der Waals surface area (Å²) in [4.78, 5) is 23.3. The molecule has 20 heavy (non-hydrogen) atoms. The zero-order chi connectivity index (χ0) is 14.8. The van der Waals surface area contributed by atoms with Crippen LogP contribution in [0.5, 0.6) is 0 Å². The summed E-state index contributed by atoms with van der Waals surface area (Å²) in [6.07, 6.45) is 2.41. The zero-order valence-corrected chi connectivity index (χ0v) is 11.5. The van der Waals surface area contributed by atoms with Crippen LogP contribution in [0, 0.1) is 11.2 Å². The van der Waals surface area contributed by atoms with E-state index in [0.717, 1.165) is 18.9 Å². The fourth-order valence-electron chi connectivity index (χ4n) is 2.61. The summed E-state index contributed by atoms with van der Waals surface area (Å²) in [6.45, 7) is 0. The molecular formula is C14H15ClFNO3. The maximum Gasteiger partial charge on any atom is 0.310 e. The van der Waals surface area contributed by atoms with Crippen molar-refractivity contribution in [2.75, 3.05) is 5.32 Å². The standard InChI is InChI=1S/C14H15ClFNO3/c15-9-3-4-10(16)11(7-9)17-12(18)8-14(13(19)20)5-1-2-6-14/h3-4,7H,1-2,5-6,8H2,(H,17,18)(H,19,20). The van der Waals surface area contributed by atoms with Crippen LogP contribution in [0.3, 0.4) is 0 Å². The average molecular weight is 300 g/mol. The van der Waals surface area contributed by atoms with Crippen molar-refractivity contribution in [3.63, 3.8) is 0 Å². The molecule has 0 heterocycles. The molecule has 0 aliphatic heterocycles. The van der Waals surface area contributed by atoms with Gasteiger partial charge < -0.3 is 10.4 Å². The number of aliphatic carboxylic acids is 1. The van der Waals surface area contributed by atoms with E-state index >= 15 is 0 Å². The maximum atomic E-state index is 13.5. The van der Waals surface area contributed by atoms with Gasteiger partial charge in [-0.25, -0.2) is 4.39 Å². The molecule has 0 radical (unpaired) electrons. The first kappa shape index (κ1) is 14.8. The molecule has 1 fully saturated rings. The Kier molecular flexibility index (Phi) is 4.28. The van der Waals surface area contributed by atoms with Gasteiger partial charge in [-0.2, -0.15) is 0 Å². The number of halogens is 2. The summed E-state index contributed by atoms with van der Waals surface area (Å²) >= 11 is 5.74.